The molecule has 3 nitrogen and oxygen atoms in total. The first-order valence-electron chi connectivity index (χ1n) is 7.57. The predicted molar refractivity (Wildman–Crippen MR) is 91.3 cm³/mol. The molecule has 4 rings (SSSR count). The fraction of sp³-hybridized carbons (Fsp3) is 0.100. The third kappa shape index (κ3) is 2.06. The summed E-state index contributed by atoms with van der Waals surface area (Å²) in [6, 6.07) is 12.7. The molecule has 0 unspecified atom stereocenters. The van der Waals surface area contributed by atoms with Crippen LogP contribution in [-0.4, -0.2) is 0 Å². The van der Waals surface area contributed by atoms with E-state index in [0.717, 1.165) is 33.2 Å². The Bertz CT molecular complexity index is 1150. The lowest BCUT2D eigenvalue weighted by atomic mass is 10.0. The van der Waals surface area contributed by atoms with Crippen molar-refractivity contribution < 1.29 is 13.4 Å². The van der Waals surface area contributed by atoms with Crippen molar-refractivity contribution >= 4 is 27.6 Å². The lowest BCUT2D eigenvalue weighted by Crippen LogP contribution is -2.31. The van der Waals surface area contributed by atoms with Crippen molar-refractivity contribution in [2.24, 2.45) is 7.05 Å². The maximum absolute atomic E-state index is 13.5. The van der Waals surface area contributed by atoms with Crippen LogP contribution in [0.5, 0.6) is 0 Å². The lowest BCUT2D eigenvalue weighted by Gasteiger charge is -2.05. The maximum atomic E-state index is 13.5. The van der Waals surface area contributed by atoms with E-state index < -0.39 is 0 Å². The van der Waals surface area contributed by atoms with Crippen LogP contribution in [-0.2, 0) is 7.05 Å². The van der Waals surface area contributed by atoms with Crippen molar-refractivity contribution in [3.05, 3.63) is 71.5 Å². The van der Waals surface area contributed by atoms with Gasteiger partial charge in [0.2, 0.25) is 11.9 Å². The molecule has 2 aromatic heterocycles. The second kappa shape index (κ2) is 5.17. The Morgan fingerprint density at radius 1 is 1.08 bits per heavy atom. The number of aryl methyl sites for hydroxylation is 2. The summed E-state index contributed by atoms with van der Waals surface area (Å²) in [5.41, 5.74) is 4.87. The summed E-state index contributed by atoms with van der Waals surface area (Å²) in [6.45, 7) is 9.17. The molecule has 0 aliphatic carbocycles. The van der Waals surface area contributed by atoms with Gasteiger partial charge in [-0.2, -0.15) is 4.57 Å². The van der Waals surface area contributed by atoms with Crippen molar-refractivity contribution in [3.63, 3.8) is 0 Å². The van der Waals surface area contributed by atoms with E-state index in [1.54, 1.807) is 22.8 Å². The van der Waals surface area contributed by atoms with E-state index in [2.05, 4.69) is 4.85 Å². The molecule has 24 heavy (non-hydrogen) atoms. The average Bonchev–Trinajstić information content (AvgIpc) is 2.93. The van der Waals surface area contributed by atoms with Crippen LogP contribution in [0, 0.1) is 19.3 Å². The number of hydrogen-bond donors (Lipinski definition) is 0. The van der Waals surface area contributed by atoms with Crippen molar-refractivity contribution in [1.82, 2.24) is 0 Å². The van der Waals surface area contributed by atoms with Gasteiger partial charge in [0.05, 0.1) is 12.1 Å². The highest BCUT2D eigenvalue weighted by molar-refractivity contribution is 6.10. The largest absolute Gasteiger partial charge is 0.456 e. The van der Waals surface area contributed by atoms with Crippen LogP contribution < -0.4 is 4.57 Å². The number of fused-ring (bicyclic) bond motifs is 3. The molecule has 2 heterocycles. The first kappa shape index (κ1) is 14.4. The Kier molecular flexibility index (Phi) is 3.10. The zero-order valence-electron chi connectivity index (χ0n) is 13.3. The van der Waals surface area contributed by atoms with E-state index in [1.807, 2.05) is 32.2 Å². The highest BCUT2D eigenvalue weighted by atomic mass is 19.1. The maximum Gasteiger partial charge on any atom is 0.216 e. The van der Waals surface area contributed by atoms with Gasteiger partial charge in [-0.15, -0.1) is 0 Å². The molecular formula is C20H14FN2O+. The van der Waals surface area contributed by atoms with Gasteiger partial charge in [0.1, 0.15) is 18.2 Å². The van der Waals surface area contributed by atoms with Gasteiger partial charge >= 0.3 is 0 Å². The van der Waals surface area contributed by atoms with Gasteiger partial charge in [0.25, 0.3) is 0 Å². The highest BCUT2D eigenvalue weighted by Gasteiger charge is 2.20. The van der Waals surface area contributed by atoms with E-state index >= 15 is 0 Å². The van der Waals surface area contributed by atoms with Gasteiger partial charge in [-0.3, -0.25) is 0 Å². The Morgan fingerprint density at radius 3 is 2.62 bits per heavy atom. The molecule has 116 valence electrons. The third-order valence-electron chi connectivity index (χ3n) is 4.32. The van der Waals surface area contributed by atoms with E-state index in [9.17, 15) is 4.39 Å². The minimum atomic E-state index is -0.280. The molecule has 4 aromatic rings. The zero-order valence-corrected chi connectivity index (χ0v) is 13.3. The van der Waals surface area contributed by atoms with E-state index in [-0.39, 0.29) is 5.82 Å². The second-order valence-electron chi connectivity index (χ2n) is 5.87. The van der Waals surface area contributed by atoms with Gasteiger partial charge in [0.15, 0.2) is 11.5 Å². The number of halogens is 1. The quantitative estimate of drug-likeness (QED) is 0.354. The number of pyridine rings is 1. The highest BCUT2D eigenvalue weighted by Crippen LogP contribution is 2.37. The van der Waals surface area contributed by atoms with Crippen molar-refractivity contribution in [2.45, 2.75) is 6.92 Å². The summed E-state index contributed by atoms with van der Waals surface area (Å²) >= 11 is 0. The molecule has 0 amide bonds. The monoisotopic (exact) mass is 317 g/mol. The van der Waals surface area contributed by atoms with Gasteiger partial charge in [-0.1, -0.05) is 24.3 Å². The van der Waals surface area contributed by atoms with E-state index in [1.165, 1.54) is 12.3 Å². The number of aromatic nitrogens is 1. The normalized spacial score (nSPS) is 11.1. The van der Waals surface area contributed by atoms with Crippen molar-refractivity contribution in [3.8, 4) is 11.3 Å². The van der Waals surface area contributed by atoms with E-state index in [4.69, 9.17) is 11.0 Å². The van der Waals surface area contributed by atoms with Crippen LogP contribution in [0.15, 0.2) is 53.1 Å². The zero-order chi connectivity index (χ0) is 16.8. The summed E-state index contributed by atoms with van der Waals surface area (Å²) in [5, 5.41) is 1.97. The molecule has 0 spiro atoms. The average molecular weight is 317 g/mol. The summed E-state index contributed by atoms with van der Waals surface area (Å²) < 4.78 is 21.3. The summed E-state index contributed by atoms with van der Waals surface area (Å²) in [6.07, 6.45) is 1.45. The molecule has 0 fully saturated rings. The fourth-order valence-corrected chi connectivity index (χ4v) is 3.15. The number of nitrogens with zero attached hydrogens (tertiary/aromatic N) is 2. The minimum Gasteiger partial charge on any atom is -0.456 e. The molecule has 0 aliphatic rings. The first-order chi connectivity index (χ1) is 11.6. The fourth-order valence-electron chi connectivity index (χ4n) is 3.15. The molecule has 0 atom stereocenters. The number of hydrogen-bond acceptors (Lipinski definition) is 1. The van der Waals surface area contributed by atoms with Gasteiger partial charge in [-0.05, 0) is 24.6 Å². The number of benzene rings is 2. The molecule has 4 heteroatoms. The number of rotatable bonds is 1. The predicted octanol–water partition coefficient (Wildman–Crippen LogP) is 5.08. The molecule has 0 aliphatic heterocycles. The Hall–Kier alpha value is -3.19. The van der Waals surface area contributed by atoms with Crippen LogP contribution in [0.2, 0.25) is 0 Å². The SMILES string of the molecule is [C-]#[N+]c1ccc2c(c1)oc1c(-c3ccc(F)c[n+]3C)c(C)ccc12. The van der Waals surface area contributed by atoms with Crippen molar-refractivity contribution in [2.75, 3.05) is 0 Å². The Balaban J connectivity index is 2.11. The molecule has 0 saturated carbocycles. The minimum absolute atomic E-state index is 0.280. The van der Waals surface area contributed by atoms with Gasteiger partial charge < -0.3 is 4.42 Å². The smallest absolute Gasteiger partial charge is 0.216 e. The van der Waals surface area contributed by atoms with Crippen LogP contribution in [0.25, 0.3) is 38.0 Å². The molecule has 0 saturated heterocycles. The van der Waals surface area contributed by atoms with Crippen molar-refractivity contribution in [1.29, 1.82) is 0 Å². The number of furan rings is 1. The first-order valence-corrected chi connectivity index (χ1v) is 7.57. The summed E-state index contributed by atoms with van der Waals surface area (Å²) in [7, 11) is 1.82. The van der Waals surface area contributed by atoms with Crippen LogP contribution in [0.1, 0.15) is 5.56 Å². The lowest BCUT2D eigenvalue weighted by molar-refractivity contribution is -0.661. The Morgan fingerprint density at radius 2 is 1.88 bits per heavy atom. The molecule has 0 radical (unpaired) electrons. The topological polar surface area (TPSA) is 21.4 Å². The standard InChI is InChI=1S/C20H14FN2O/c1-12-4-7-16-15-8-6-14(22-2)10-18(15)24-20(16)19(12)17-9-5-13(21)11-23(17)3/h4-11H,1,3H3/q+1. The Labute approximate surface area is 138 Å². The van der Waals surface area contributed by atoms with E-state index in [0.29, 0.717) is 11.3 Å². The molecule has 0 N–H and O–H groups in total. The molecule has 2 aromatic carbocycles. The molecule has 0 bridgehead atoms. The second-order valence-corrected chi connectivity index (χ2v) is 5.87. The third-order valence-corrected chi connectivity index (χ3v) is 4.32. The van der Waals surface area contributed by atoms with Crippen LogP contribution in [0.3, 0.4) is 0 Å². The van der Waals surface area contributed by atoms with Gasteiger partial charge in [-0.25, -0.2) is 9.24 Å². The summed E-state index contributed by atoms with van der Waals surface area (Å²) in [4.78, 5) is 3.46. The van der Waals surface area contributed by atoms with Gasteiger partial charge in [0, 0.05) is 16.8 Å². The summed E-state index contributed by atoms with van der Waals surface area (Å²) in [5.74, 6) is -0.280. The van der Waals surface area contributed by atoms with Crippen LogP contribution >= 0.6 is 0 Å². The molecular weight excluding hydrogens is 303 g/mol. The van der Waals surface area contributed by atoms with Crippen LogP contribution in [0.4, 0.5) is 10.1 Å².